The Morgan fingerprint density at radius 3 is 3.00 bits per heavy atom. The van der Waals surface area contributed by atoms with E-state index >= 15 is 0 Å². The first kappa shape index (κ1) is 11.3. The number of rotatable bonds is 2. The molecule has 3 rings (SSSR count). The largest absolute Gasteiger partial charge is 0.465 e. The normalized spacial score (nSPS) is 30.7. The second-order valence-electron chi connectivity index (χ2n) is 5.58. The summed E-state index contributed by atoms with van der Waals surface area (Å²) >= 11 is 0. The van der Waals surface area contributed by atoms with E-state index in [4.69, 9.17) is 4.42 Å². The van der Waals surface area contributed by atoms with Crippen molar-refractivity contribution < 1.29 is 4.42 Å². The van der Waals surface area contributed by atoms with Gasteiger partial charge in [-0.1, -0.05) is 0 Å². The van der Waals surface area contributed by atoms with E-state index < -0.39 is 0 Å². The first-order valence-electron chi connectivity index (χ1n) is 6.76. The fraction of sp³-hybridized carbons (Fsp3) is 0.714. The van der Waals surface area contributed by atoms with Gasteiger partial charge >= 0.3 is 0 Å². The average molecular weight is 234 g/mol. The molecule has 0 aromatic carbocycles. The quantitative estimate of drug-likeness (QED) is 0.782. The molecule has 0 unspecified atom stereocenters. The summed E-state index contributed by atoms with van der Waals surface area (Å²) in [5, 5.41) is 0. The molecule has 3 heterocycles. The lowest BCUT2D eigenvalue weighted by Gasteiger charge is -2.41. The van der Waals surface area contributed by atoms with Crippen molar-refractivity contribution >= 4 is 0 Å². The van der Waals surface area contributed by atoms with Crippen LogP contribution in [0.2, 0.25) is 0 Å². The van der Waals surface area contributed by atoms with E-state index in [1.807, 2.05) is 6.92 Å². The molecule has 17 heavy (non-hydrogen) atoms. The second-order valence-corrected chi connectivity index (χ2v) is 5.58. The molecule has 2 saturated heterocycles. The minimum Gasteiger partial charge on any atom is -0.465 e. The lowest BCUT2D eigenvalue weighted by Crippen LogP contribution is -2.54. The van der Waals surface area contributed by atoms with Gasteiger partial charge in [0.25, 0.3) is 0 Å². The van der Waals surface area contributed by atoms with Crippen LogP contribution in [0.25, 0.3) is 0 Å². The van der Waals surface area contributed by atoms with E-state index in [2.05, 4.69) is 28.9 Å². The van der Waals surface area contributed by atoms with Gasteiger partial charge in [0.1, 0.15) is 11.5 Å². The zero-order chi connectivity index (χ0) is 11.8. The van der Waals surface area contributed by atoms with Crippen LogP contribution >= 0.6 is 0 Å². The predicted octanol–water partition coefficient (Wildman–Crippen LogP) is 2.26. The van der Waals surface area contributed by atoms with Gasteiger partial charge in [0.2, 0.25) is 0 Å². The van der Waals surface area contributed by atoms with Crippen molar-refractivity contribution in [2.24, 2.45) is 0 Å². The summed E-state index contributed by atoms with van der Waals surface area (Å²) in [4.78, 5) is 5.24. The molecule has 1 aromatic heterocycles. The number of piperazine rings is 1. The zero-order valence-corrected chi connectivity index (χ0v) is 10.9. The molecule has 3 nitrogen and oxygen atoms in total. The van der Waals surface area contributed by atoms with Crippen LogP contribution in [0.5, 0.6) is 0 Å². The number of nitrogens with zero attached hydrogens (tertiary/aromatic N) is 2. The van der Waals surface area contributed by atoms with Gasteiger partial charge in [0.05, 0.1) is 6.54 Å². The Labute approximate surface area is 103 Å². The van der Waals surface area contributed by atoms with E-state index in [0.29, 0.717) is 6.04 Å². The number of furan rings is 1. The molecule has 0 amide bonds. The minimum atomic E-state index is 0.648. The van der Waals surface area contributed by atoms with E-state index in [-0.39, 0.29) is 0 Å². The van der Waals surface area contributed by atoms with Crippen molar-refractivity contribution in [3.8, 4) is 0 Å². The van der Waals surface area contributed by atoms with Crippen molar-refractivity contribution in [1.82, 2.24) is 9.80 Å². The lowest BCUT2D eigenvalue weighted by molar-refractivity contribution is 0.0492. The van der Waals surface area contributed by atoms with Crippen molar-refractivity contribution in [2.75, 3.05) is 19.6 Å². The van der Waals surface area contributed by atoms with Gasteiger partial charge in [-0.25, -0.2) is 0 Å². The topological polar surface area (TPSA) is 19.6 Å². The first-order valence-corrected chi connectivity index (χ1v) is 6.76. The van der Waals surface area contributed by atoms with Gasteiger partial charge in [-0.3, -0.25) is 9.80 Å². The smallest absolute Gasteiger partial charge is 0.118 e. The van der Waals surface area contributed by atoms with Crippen LogP contribution in [0.1, 0.15) is 31.3 Å². The molecule has 3 heteroatoms. The molecule has 0 spiro atoms. The Morgan fingerprint density at radius 2 is 2.24 bits per heavy atom. The number of hydrogen-bond acceptors (Lipinski definition) is 3. The highest BCUT2D eigenvalue weighted by molar-refractivity contribution is 5.06. The molecule has 0 N–H and O–H groups in total. The molecular weight excluding hydrogens is 212 g/mol. The minimum absolute atomic E-state index is 0.648. The summed E-state index contributed by atoms with van der Waals surface area (Å²) in [6.07, 6.45) is 2.76. The Kier molecular flexibility index (Phi) is 2.97. The van der Waals surface area contributed by atoms with Crippen LogP contribution in [0.15, 0.2) is 16.5 Å². The van der Waals surface area contributed by atoms with Gasteiger partial charge in [-0.15, -0.1) is 0 Å². The maximum absolute atomic E-state index is 5.69. The van der Waals surface area contributed by atoms with E-state index in [1.54, 1.807) is 0 Å². The van der Waals surface area contributed by atoms with E-state index in [0.717, 1.165) is 24.1 Å². The van der Waals surface area contributed by atoms with Gasteiger partial charge in [-0.2, -0.15) is 0 Å². The van der Waals surface area contributed by atoms with E-state index in [9.17, 15) is 0 Å². The zero-order valence-electron chi connectivity index (χ0n) is 10.9. The van der Waals surface area contributed by atoms with Crippen LogP contribution in [-0.4, -0.2) is 41.5 Å². The lowest BCUT2D eigenvalue weighted by atomic mass is 10.1. The molecule has 0 bridgehead atoms. The molecule has 1 aromatic rings. The standard InChI is InChI=1S/C14H22N2O/c1-11-8-15-7-3-4-13(15)9-16(11)10-14-6-5-12(2)17-14/h5-6,11,13H,3-4,7-10H2,1-2H3/t11-,13+/m1/s1. The van der Waals surface area contributed by atoms with Crippen LogP contribution in [0.3, 0.4) is 0 Å². The third-order valence-corrected chi connectivity index (χ3v) is 4.22. The second kappa shape index (κ2) is 4.46. The third-order valence-electron chi connectivity index (χ3n) is 4.22. The molecule has 2 aliphatic rings. The highest BCUT2D eigenvalue weighted by Crippen LogP contribution is 2.25. The van der Waals surface area contributed by atoms with Crippen molar-refractivity contribution in [3.05, 3.63) is 23.7 Å². The summed E-state index contributed by atoms with van der Waals surface area (Å²) in [5.41, 5.74) is 0. The maximum atomic E-state index is 5.69. The molecule has 2 aliphatic heterocycles. The molecule has 94 valence electrons. The monoisotopic (exact) mass is 234 g/mol. The molecule has 2 atom stereocenters. The molecule has 0 radical (unpaired) electrons. The highest BCUT2D eigenvalue weighted by atomic mass is 16.3. The Morgan fingerprint density at radius 1 is 1.35 bits per heavy atom. The first-order chi connectivity index (χ1) is 8.22. The van der Waals surface area contributed by atoms with Crippen LogP contribution in [0.4, 0.5) is 0 Å². The van der Waals surface area contributed by atoms with E-state index in [1.165, 1.54) is 32.5 Å². The highest BCUT2D eigenvalue weighted by Gasteiger charge is 2.34. The Bertz CT molecular complexity index is 387. The van der Waals surface area contributed by atoms with Gasteiger partial charge in [-0.05, 0) is 45.4 Å². The Hall–Kier alpha value is -0.800. The van der Waals surface area contributed by atoms with Crippen LogP contribution in [0, 0.1) is 6.92 Å². The van der Waals surface area contributed by atoms with Crippen molar-refractivity contribution in [1.29, 1.82) is 0 Å². The van der Waals surface area contributed by atoms with Gasteiger partial charge in [0.15, 0.2) is 0 Å². The average Bonchev–Trinajstić information content (AvgIpc) is 2.88. The fourth-order valence-corrected chi connectivity index (χ4v) is 3.24. The van der Waals surface area contributed by atoms with Gasteiger partial charge in [0, 0.05) is 25.2 Å². The van der Waals surface area contributed by atoms with Crippen LogP contribution in [-0.2, 0) is 6.54 Å². The molecule has 2 fully saturated rings. The number of fused-ring (bicyclic) bond motifs is 1. The summed E-state index contributed by atoms with van der Waals surface area (Å²) in [5.74, 6) is 2.13. The van der Waals surface area contributed by atoms with Crippen molar-refractivity contribution in [3.63, 3.8) is 0 Å². The maximum Gasteiger partial charge on any atom is 0.118 e. The summed E-state index contributed by atoms with van der Waals surface area (Å²) in [6.45, 7) is 9.07. The molecular formula is C14H22N2O. The predicted molar refractivity (Wildman–Crippen MR) is 67.9 cm³/mol. The number of aryl methyl sites for hydroxylation is 1. The Balaban J connectivity index is 1.66. The number of hydrogen-bond donors (Lipinski definition) is 0. The summed E-state index contributed by atoms with van der Waals surface area (Å²) in [7, 11) is 0. The molecule has 0 saturated carbocycles. The molecule has 0 aliphatic carbocycles. The van der Waals surface area contributed by atoms with Crippen molar-refractivity contribution in [2.45, 2.75) is 45.3 Å². The summed E-state index contributed by atoms with van der Waals surface area (Å²) < 4.78 is 5.69. The van der Waals surface area contributed by atoms with Crippen LogP contribution < -0.4 is 0 Å². The summed E-state index contributed by atoms with van der Waals surface area (Å²) in [6, 6.07) is 5.62. The fourth-order valence-electron chi connectivity index (χ4n) is 3.24. The third kappa shape index (κ3) is 2.26. The SMILES string of the molecule is Cc1ccc(CN2C[C@@H]3CCCN3C[C@H]2C)o1. The van der Waals surface area contributed by atoms with Gasteiger partial charge < -0.3 is 4.42 Å².